The van der Waals surface area contributed by atoms with Gasteiger partial charge in [0.2, 0.25) is 0 Å². The SMILES string of the molecule is CC1C(F)=C(F)C(S)=C(F)C1(C)F. The first-order valence-corrected chi connectivity index (χ1v) is 4.08. The third-order valence-corrected chi connectivity index (χ3v) is 2.64. The molecule has 1 aliphatic rings. The van der Waals surface area contributed by atoms with Crippen molar-refractivity contribution in [1.82, 2.24) is 0 Å². The molecule has 2 unspecified atom stereocenters. The van der Waals surface area contributed by atoms with Gasteiger partial charge in [-0.15, -0.1) is 12.6 Å². The van der Waals surface area contributed by atoms with E-state index in [1.54, 1.807) is 0 Å². The number of hydrogen-bond donors (Lipinski definition) is 1. The average Bonchev–Trinajstić information content (AvgIpc) is 2.09. The van der Waals surface area contributed by atoms with Gasteiger partial charge in [0.05, 0.1) is 10.8 Å². The van der Waals surface area contributed by atoms with Gasteiger partial charge in [-0.3, -0.25) is 0 Å². The number of allylic oxidation sites excluding steroid dienone is 3. The molecular formula is C8H8F4S. The Morgan fingerprint density at radius 2 is 1.77 bits per heavy atom. The summed E-state index contributed by atoms with van der Waals surface area (Å²) in [6.07, 6.45) is 0. The van der Waals surface area contributed by atoms with Crippen LogP contribution in [0.3, 0.4) is 0 Å². The molecule has 1 rings (SSSR count). The third-order valence-electron chi connectivity index (χ3n) is 2.25. The van der Waals surface area contributed by atoms with Crippen LogP contribution in [0.2, 0.25) is 0 Å². The van der Waals surface area contributed by atoms with E-state index in [0.717, 1.165) is 13.8 Å². The lowest BCUT2D eigenvalue weighted by molar-refractivity contribution is 0.122. The fourth-order valence-electron chi connectivity index (χ4n) is 1.06. The van der Waals surface area contributed by atoms with Gasteiger partial charge in [-0.25, -0.2) is 17.6 Å². The molecule has 0 saturated heterocycles. The summed E-state index contributed by atoms with van der Waals surface area (Å²) in [5.74, 6) is -5.52. The summed E-state index contributed by atoms with van der Waals surface area (Å²) in [6, 6.07) is 0. The Bertz CT molecular complexity index is 303. The van der Waals surface area contributed by atoms with E-state index in [4.69, 9.17) is 0 Å². The molecule has 0 spiro atoms. The molecule has 0 aromatic carbocycles. The molecule has 0 bridgehead atoms. The molecular weight excluding hydrogens is 204 g/mol. The molecule has 0 fully saturated rings. The van der Waals surface area contributed by atoms with Crippen molar-refractivity contribution in [2.75, 3.05) is 0 Å². The first-order chi connectivity index (χ1) is 5.80. The van der Waals surface area contributed by atoms with Crippen LogP contribution in [-0.4, -0.2) is 5.67 Å². The van der Waals surface area contributed by atoms with Gasteiger partial charge >= 0.3 is 0 Å². The topological polar surface area (TPSA) is 0 Å². The molecule has 0 saturated carbocycles. The van der Waals surface area contributed by atoms with Crippen LogP contribution in [0.1, 0.15) is 13.8 Å². The van der Waals surface area contributed by atoms with E-state index in [0.29, 0.717) is 0 Å². The fourth-order valence-corrected chi connectivity index (χ4v) is 1.38. The second-order valence-corrected chi connectivity index (χ2v) is 3.57. The van der Waals surface area contributed by atoms with E-state index in [1.165, 1.54) is 0 Å². The van der Waals surface area contributed by atoms with Crippen LogP contribution in [-0.2, 0) is 0 Å². The van der Waals surface area contributed by atoms with Crippen LogP contribution >= 0.6 is 12.6 Å². The lowest BCUT2D eigenvalue weighted by Crippen LogP contribution is -2.32. The van der Waals surface area contributed by atoms with E-state index >= 15 is 0 Å². The predicted octanol–water partition coefficient (Wildman–Crippen LogP) is 3.63. The molecule has 0 amide bonds. The van der Waals surface area contributed by atoms with E-state index in [1.807, 2.05) is 0 Å². The summed E-state index contributed by atoms with van der Waals surface area (Å²) >= 11 is 3.36. The minimum absolute atomic E-state index is 0.856. The quantitative estimate of drug-likeness (QED) is 0.460. The van der Waals surface area contributed by atoms with Crippen LogP contribution < -0.4 is 0 Å². The molecule has 0 aromatic rings. The van der Waals surface area contributed by atoms with Crippen LogP contribution in [0.15, 0.2) is 22.4 Å². The first-order valence-electron chi connectivity index (χ1n) is 3.63. The van der Waals surface area contributed by atoms with Gasteiger partial charge < -0.3 is 0 Å². The Balaban J connectivity index is 3.32. The van der Waals surface area contributed by atoms with Crippen molar-refractivity contribution in [1.29, 1.82) is 0 Å². The molecule has 0 aliphatic heterocycles. The van der Waals surface area contributed by atoms with Crippen molar-refractivity contribution >= 4 is 12.6 Å². The molecule has 2 atom stereocenters. The maximum absolute atomic E-state index is 13.4. The largest absolute Gasteiger partial charge is 0.236 e. The summed E-state index contributed by atoms with van der Waals surface area (Å²) in [5, 5.41) is 0. The molecule has 0 radical (unpaired) electrons. The summed E-state index contributed by atoms with van der Waals surface area (Å²) in [5.41, 5.74) is -2.52. The lowest BCUT2D eigenvalue weighted by Gasteiger charge is -2.29. The van der Waals surface area contributed by atoms with Crippen molar-refractivity contribution < 1.29 is 17.6 Å². The molecule has 5 heteroatoms. The van der Waals surface area contributed by atoms with Crippen LogP contribution in [0.25, 0.3) is 0 Å². The highest BCUT2D eigenvalue weighted by molar-refractivity contribution is 7.84. The zero-order valence-corrected chi connectivity index (χ0v) is 7.93. The van der Waals surface area contributed by atoms with Crippen molar-refractivity contribution in [3.63, 3.8) is 0 Å². The number of rotatable bonds is 0. The van der Waals surface area contributed by atoms with E-state index < -0.39 is 34.0 Å². The minimum Gasteiger partial charge on any atom is -0.236 e. The molecule has 0 N–H and O–H groups in total. The van der Waals surface area contributed by atoms with Crippen LogP contribution in [0, 0.1) is 5.92 Å². The molecule has 74 valence electrons. The lowest BCUT2D eigenvalue weighted by atomic mass is 9.86. The number of hydrogen-bond acceptors (Lipinski definition) is 1. The van der Waals surface area contributed by atoms with Crippen LogP contribution in [0.4, 0.5) is 17.6 Å². The smallest absolute Gasteiger partial charge is 0.171 e. The highest BCUT2D eigenvalue weighted by Gasteiger charge is 2.45. The van der Waals surface area contributed by atoms with Crippen molar-refractivity contribution in [2.24, 2.45) is 5.92 Å². The Morgan fingerprint density at radius 1 is 1.31 bits per heavy atom. The standard InChI is InChI=1S/C8H8F4S/c1-3-4(9)5(10)6(13)7(11)8(3,2)12/h3,13H,1-2H3. The zero-order valence-electron chi connectivity index (χ0n) is 7.04. The predicted molar refractivity (Wildman–Crippen MR) is 45.0 cm³/mol. The van der Waals surface area contributed by atoms with Gasteiger partial charge in [0.25, 0.3) is 0 Å². The zero-order chi connectivity index (χ0) is 10.4. The van der Waals surface area contributed by atoms with Crippen molar-refractivity contribution in [3.05, 3.63) is 22.4 Å². The molecule has 13 heavy (non-hydrogen) atoms. The minimum atomic E-state index is -2.52. The van der Waals surface area contributed by atoms with E-state index in [9.17, 15) is 17.6 Å². The van der Waals surface area contributed by atoms with E-state index in [2.05, 4.69) is 12.6 Å². The second-order valence-electron chi connectivity index (χ2n) is 3.12. The summed E-state index contributed by atoms with van der Waals surface area (Å²) in [4.78, 5) is -0.888. The Morgan fingerprint density at radius 3 is 2.23 bits per heavy atom. The number of halogens is 4. The van der Waals surface area contributed by atoms with Crippen molar-refractivity contribution in [3.8, 4) is 0 Å². The first kappa shape index (κ1) is 10.6. The van der Waals surface area contributed by atoms with Crippen molar-refractivity contribution in [2.45, 2.75) is 19.5 Å². The molecule has 1 aliphatic carbocycles. The second kappa shape index (κ2) is 3.04. The summed E-state index contributed by atoms with van der Waals surface area (Å²) in [7, 11) is 0. The molecule has 0 nitrogen and oxygen atoms in total. The number of alkyl halides is 1. The highest BCUT2D eigenvalue weighted by Crippen LogP contribution is 2.46. The summed E-state index contributed by atoms with van der Waals surface area (Å²) < 4.78 is 52.1. The van der Waals surface area contributed by atoms with Gasteiger partial charge in [-0.2, -0.15) is 0 Å². The number of thiol groups is 1. The maximum atomic E-state index is 13.4. The molecule has 0 aromatic heterocycles. The van der Waals surface area contributed by atoms with E-state index in [-0.39, 0.29) is 0 Å². The normalized spacial score (nSPS) is 35.8. The maximum Gasteiger partial charge on any atom is 0.171 e. The fraction of sp³-hybridized carbons (Fsp3) is 0.500. The van der Waals surface area contributed by atoms with Gasteiger partial charge in [-0.1, -0.05) is 6.92 Å². The summed E-state index contributed by atoms with van der Waals surface area (Å²) in [6.45, 7) is 1.93. The van der Waals surface area contributed by atoms with Gasteiger partial charge in [-0.05, 0) is 6.92 Å². The molecule has 0 heterocycles. The average molecular weight is 212 g/mol. The van der Waals surface area contributed by atoms with Gasteiger partial charge in [0.1, 0.15) is 5.83 Å². The van der Waals surface area contributed by atoms with Gasteiger partial charge in [0, 0.05) is 0 Å². The third kappa shape index (κ3) is 1.39. The Labute approximate surface area is 78.7 Å². The Hall–Kier alpha value is -0.450. The monoisotopic (exact) mass is 212 g/mol. The van der Waals surface area contributed by atoms with Crippen LogP contribution in [0.5, 0.6) is 0 Å². The van der Waals surface area contributed by atoms with Gasteiger partial charge in [0.15, 0.2) is 17.3 Å². The Kier molecular flexibility index (Phi) is 2.49. The highest BCUT2D eigenvalue weighted by atomic mass is 32.1.